The molecular weight excluding hydrogens is 348 g/mol. The lowest BCUT2D eigenvalue weighted by molar-refractivity contribution is 0.0929. The standard InChI is InChI=1S/C24H36N2O2/c27-23(25-21-14-7-3-1-4-8-15-21)19-12-11-13-20(18-19)24(28)26-22-16-9-5-2-6-10-17-22/h11-13,18,21-22H,1-10,14-17H2,(H,25,27)(H,26,28). The van der Waals surface area contributed by atoms with Crippen LogP contribution in [0.3, 0.4) is 0 Å². The van der Waals surface area contributed by atoms with Crippen molar-refractivity contribution in [3.63, 3.8) is 0 Å². The molecule has 3 rings (SSSR count). The minimum atomic E-state index is -0.0498. The van der Waals surface area contributed by atoms with Gasteiger partial charge in [0.15, 0.2) is 0 Å². The van der Waals surface area contributed by atoms with Gasteiger partial charge in [-0.05, 0) is 43.9 Å². The molecule has 0 unspecified atom stereocenters. The first-order valence-corrected chi connectivity index (χ1v) is 11.4. The maximum absolute atomic E-state index is 12.7. The fraction of sp³-hybridized carbons (Fsp3) is 0.667. The summed E-state index contributed by atoms with van der Waals surface area (Å²) in [5, 5.41) is 6.39. The molecule has 0 heterocycles. The quantitative estimate of drug-likeness (QED) is 0.733. The third-order valence-electron chi connectivity index (χ3n) is 6.27. The van der Waals surface area contributed by atoms with Crippen LogP contribution < -0.4 is 10.6 Å². The molecule has 0 radical (unpaired) electrons. The van der Waals surface area contributed by atoms with Gasteiger partial charge in [0.25, 0.3) is 11.8 Å². The van der Waals surface area contributed by atoms with Gasteiger partial charge in [-0.2, -0.15) is 0 Å². The van der Waals surface area contributed by atoms with Gasteiger partial charge < -0.3 is 10.6 Å². The highest BCUT2D eigenvalue weighted by Gasteiger charge is 2.18. The molecule has 0 saturated heterocycles. The number of amides is 2. The van der Waals surface area contributed by atoms with Gasteiger partial charge in [0.2, 0.25) is 0 Å². The Kier molecular flexibility index (Phi) is 8.38. The van der Waals surface area contributed by atoms with E-state index in [4.69, 9.17) is 0 Å². The fourth-order valence-electron chi connectivity index (χ4n) is 4.54. The largest absolute Gasteiger partial charge is 0.349 e. The summed E-state index contributed by atoms with van der Waals surface area (Å²) >= 11 is 0. The average Bonchev–Trinajstić information content (AvgIpc) is 2.66. The Balaban J connectivity index is 1.57. The Bertz CT molecular complexity index is 576. The summed E-state index contributed by atoms with van der Waals surface area (Å²) in [6.45, 7) is 0. The van der Waals surface area contributed by atoms with Gasteiger partial charge in [0.1, 0.15) is 0 Å². The Labute approximate surface area is 169 Å². The zero-order valence-electron chi connectivity index (χ0n) is 17.2. The predicted octanol–water partition coefficient (Wildman–Crippen LogP) is 5.37. The van der Waals surface area contributed by atoms with Crippen molar-refractivity contribution < 1.29 is 9.59 Å². The topological polar surface area (TPSA) is 58.2 Å². The second kappa shape index (κ2) is 11.2. The van der Waals surface area contributed by atoms with E-state index in [0.717, 1.165) is 25.7 Å². The van der Waals surface area contributed by atoms with Crippen LogP contribution in [0.25, 0.3) is 0 Å². The Morgan fingerprint density at radius 1 is 0.607 bits per heavy atom. The minimum Gasteiger partial charge on any atom is -0.349 e. The first kappa shape index (κ1) is 20.9. The lowest BCUT2D eigenvalue weighted by Crippen LogP contribution is -2.36. The molecule has 2 saturated carbocycles. The summed E-state index contributed by atoms with van der Waals surface area (Å²) in [7, 11) is 0. The van der Waals surface area contributed by atoms with Crippen molar-refractivity contribution in [2.45, 2.75) is 102 Å². The number of carbonyl (C=O) groups is 2. The highest BCUT2D eigenvalue weighted by molar-refractivity contribution is 5.99. The van der Waals surface area contributed by atoms with Crippen molar-refractivity contribution in [1.29, 1.82) is 0 Å². The summed E-state index contributed by atoms with van der Waals surface area (Å²) in [6.07, 6.45) is 16.7. The third-order valence-corrected chi connectivity index (χ3v) is 6.27. The van der Waals surface area contributed by atoms with Gasteiger partial charge in [-0.1, -0.05) is 70.3 Å². The molecule has 2 aliphatic rings. The number of rotatable bonds is 4. The van der Waals surface area contributed by atoms with Crippen LogP contribution in [0.1, 0.15) is 111 Å². The van der Waals surface area contributed by atoms with Crippen molar-refractivity contribution in [3.8, 4) is 0 Å². The first-order chi connectivity index (χ1) is 13.7. The highest BCUT2D eigenvalue weighted by Crippen LogP contribution is 2.19. The smallest absolute Gasteiger partial charge is 0.251 e. The van der Waals surface area contributed by atoms with Crippen LogP contribution in [0.2, 0.25) is 0 Å². The van der Waals surface area contributed by atoms with E-state index < -0.39 is 0 Å². The van der Waals surface area contributed by atoms with Crippen molar-refractivity contribution >= 4 is 11.8 Å². The van der Waals surface area contributed by atoms with E-state index in [0.29, 0.717) is 11.1 Å². The predicted molar refractivity (Wildman–Crippen MR) is 114 cm³/mol. The van der Waals surface area contributed by atoms with E-state index in [2.05, 4.69) is 10.6 Å². The van der Waals surface area contributed by atoms with Crippen LogP contribution in [0.4, 0.5) is 0 Å². The summed E-state index contributed by atoms with van der Waals surface area (Å²) in [5.41, 5.74) is 1.18. The van der Waals surface area contributed by atoms with E-state index in [1.807, 2.05) is 18.2 Å². The van der Waals surface area contributed by atoms with Gasteiger partial charge in [-0.15, -0.1) is 0 Å². The maximum atomic E-state index is 12.7. The number of benzene rings is 1. The molecule has 28 heavy (non-hydrogen) atoms. The Morgan fingerprint density at radius 2 is 0.964 bits per heavy atom. The third kappa shape index (κ3) is 6.65. The summed E-state index contributed by atoms with van der Waals surface area (Å²) in [5.74, 6) is -0.0997. The second-order valence-corrected chi connectivity index (χ2v) is 8.61. The first-order valence-electron chi connectivity index (χ1n) is 11.4. The summed E-state index contributed by atoms with van der Waals surface area (Å²) < 4.78 is 0. The molecule has 0 spiro atoms. The molecule has 1 aromatic rings. The van der Waals surface area contributed by atoms with Gasteiger partial charge in [-0.25, -0.2) is 0 Å². The second-order valence-electron chi connectivity index (χ2n) is 8.61. The van der Waals surface area contributed by atoms with Crippen molar-refractivity contribution in [2.24, 2.45) is 0 Å². The molecule has 0 atom stereocenters. The molecule has 2 N–H and O–H groups in total. The van der Waals surface area contributed by atoms with E-state index in [-0.39, 0.29) is 23.9 Å². The monoisotopic (exact) mass is 384 g/mol. The lowest BCUT2D eigenvalue weighted by atomic mass is 9.96. The molecule has 2 amide bonds. The Hall–Kier alpha value is -1.84. The van der Waals surface area contributed by atoms with Crippen LogP contribution in [-0.4, -0.2) is 23.9 Å². The van der Waals surface area contributed by atoms with Gasteiger partial charge in [-0.3, -0.25) is 9.59 Å². The molecule has 0 aromatic heterocycles. The molecule has 4 heteroatoms. The summed E-state index contributed by atoms with van der Waals surface area (Å²) in [4.78, 5) is 25.4. The van der Waals surface area contributed by atoms with Crippen LogP contribution in [-0.2, 0) is 0 Å². The number of hydrogen-bond donors (Lipinski definition) is 2. The zero-order chi connectivity index (χ0) is 19.6. The SMILES string of the molecule is O=C(NC1CCCCCCC1)c1cccc(C(=O)NC2CCCCCCC2)c1. The van der Waals surface area contributed by atoms with Gasteiger partial charge in [0, 0.05) is 23.2 Å². The summed E-state index contributed by atoms with van der Waals surface area (Å²) in [6, 6.07) is 7.71. The van der Waals surface area contributed by atoms with Crippen molar-refractivity contribution in [1.82, 2.24) is 10.6 Å². The van der Waals surface area contributed by atoms with Gasteiger partial charge >= 0.3 is 0 Å². The van der Waals surface area contributed by atoms with Crippen molar-refractivity contribution in [3.05, 3.63) is 35.4 Å². The highest BCUT2D eigenvalue weighted by atomic mass is 16.2. The molecular formula is C24H36N2O2. The number of carbonyl (C=O) groups excluding carboxylic acids is 2. The normalized spacial score (nSPS) is 20.3. The van der Waals surface area contributed by atoms with Crippen LogP contribution in [0.5, 0.6) is 0 Å². The molecule has 2 fully saturated rings. The molecule has 4 nitrogen and oxygen atoms in total. The minimum absolute atomic E-state index is 0.0498. The maximum Gasteiger partial charge on any atom is 0.251 e. The number of hydrogen-bond acceptors (Lipinski definition) is 2. The zero-order valence-corrected chi connectivity index (χ0v) is 17.2. The van der Waals surface area contributed by atoms with Crippen molar-refractivity contribution in [2.75, 3.05) is 0 Å². The Morgan fingerprint density at radius 3 is 1.36 bits per heavy atom. The lowest BCUT2D eigenvalue weighted by Gasteiger charge is -2.22. The molecule has 154 valence electrons. The van der Waals surface area contributed by atoms with Crippen LogP contribution in [0, 0.1) is 0 Å². The van der Waals surface area contributed by atoms with E-state index in [1.54, 1.807) is 6.07 Å². The van der Waals surface area contributed by atoms with E-state index in [1.165, 1.54) is 64.2 Å². The van der Waals surface area contributed by atoms with Crippen LogP contribution >= 0.6 is 0 Å². The molecule has 0 bridgehead atoms. The fourth-order valence-corrected chi connectivity index (χ4v) is 4.54. The molecule has 1 aromatic carbocycles. The van der Waals surface area contributed by atoms with E-state index >= 15 is 0 Å². The molecule has 0 aliphatic heterocycles. The van der Waals surface area contributed by atoms with E-state index in [9.17, 15) is 9.59 Å². The van der Waals surface area contributed by atoms with Crippen LogP contribution in [0.15, 0.2) is 24.3 Å². The van der Waals surface area contributed by atoms with Gasteiger partial charge in [0.05, 0.1) is 0 Å². The average molecular weight is 385 g/mol. The number of nitrogens with one attached hydrogen (secondary N) is 2. The molecule has 2 aliphatic carbocycles.